The van der Waals surface area contributed by atoms with Crippen molar-refractivity contribution in [2.45, 2.75) is 32.4 Å². The van der Waals surface area contributed by atoms with Gasteiger partial charge in [-0.2, -0.15) is 0 Å². The standard InChI is InChI=1S/C24H25BrN4O3/c1-24(2,3)32-23(31)28-13-21(17-11-27-20-10-14(25)8-9-16(17)20)29-22(30)18-12-26-19-7-5-4-6-15(18)19/h4-12,21,26-27H,13H2,1-3H3,(H,28,31)(H,29,30). The van der Waals surface area contributed by atoms with Gasteiger partial charge in [0.25, 0.3) is 5.91 Å². The molecule has 1 unspecified atom stereocenters. The van der Waals surface area contributed by atoms with Gasteiger partial charge in [-0.3, -0.25) is 4.79 Å². The van der Waals surface area contributed by atoms with E-state index in [0.29, 0.717) is 5.56 Å². The molecule has 1 atom stereocenters. The number of benzene rings is 2. The second-order valence-corrected chi connectivity index (χ2v) is 9.51. The van der Waals surface area contributed by atoms with Gasteiger partial charge in [0.1, 0.15) is 5.60 Å². The summed E-state index contributed by atoms with van der Waals surface area (Å²) in [7, 11) is 0. The lowest BCUT2D eigenvalue weighted by Gasteiger charge is -2.22. The number of H-pyrrole nitrogens is 2. The molecule has 0 aliphatic rings. The summed E-state index contributed by atoms with van der Waals surface area (Å²) in [5, 5.41) is 7.66. The van der Waals surface area contributed by atoms with E-state index in [1.165, 1.54) is 0 Å². The van der Waals surface area contributed by atoms with Crippen LogP contribution in [0, 0.1) is 0 Å². The van der Waals surface area contributed by atoms with Crippen LogP contribution in [0.4, 0.5) is 4.79 Å². The predicted molar refractivity (Wildman–Crippen MR) is 129 cm³/mol. The maximum absolute atomic E-state index is 13.2. The first-order chi connectivity index (χ1) is 15.2. The molecule has 0 saturated carbocycles. The predicted octanol–water partition coefficient (Wildman–Crippen LogP) is 5.41. The number of carbonyl (C=O) groups excluding carboxylic acids is 2. The second kappa shape index (κ2) is 8.70. The number of para-hydroxylation sites is 1. The number of aromatic nitrogens is 2. The highest BCUT2D eigenvalue weighted by Gasteiger charge is 2.23. The Morgan fingerprint density at radius 2 is 1.78 bits per heavy atom. The largest absolute Gasteiger partial charge is 0.444 e. The van der Waals surface area contributed by atoms with Crippen LogP contribution in [0.25, 0.3) is 21.8 Å². The number of carbonyl (C=O) groups is 2. The van der Waals surface area contributed by atoms with Gasteiger partial charge < -0.3 is 25.3 Å². The zero-order chi connectivity index (χ0) is 22.9. The first kappa shape index (κ1) is 22.0. The molecule has 0 radical (unpaired) electrons. The van der Waals surface area contributed by atoms with Crippen LogP contribution in [0.15, 0.2) is 59.3 Å². The van der Waals surface area contributed by atoms with Gasteiger partial charge in [0.2, 0.25) is 0 Å². The van der Waals surface area contributed by atoms with Crippen LogP contribution in [0.1, 0.15) is 42.7 Å². The van der Waals surface area contributed by atoms with Crippen LogP contribution < -0.4 is 10.6 Å². The second-order valence-electron chi connectivity index (χ2n) is 8.59. The molecule has 0 fully saturated rings. The molecule has 4 N–H and O–H groups in total. The molecule has 0 spiro atoms. The van der Waals surface area contributed by atoms with Crippen LogP contribution >= 0.6 is 15.9 Å². The van der Waals surface area contributed by atoms with Gasteiger partial charge in [0, 0.05) is 50.8 Å². The highest BCUT2D eigenvalue weighted by atomic mass is 79.9. The fourth-order valence-corrected chi connectivity index (χ4v) is 4.00. The molecule has 0 bridgehead atoms. The van der Waals surface area contributed by atoms with Crippen LogP contribution in [-0.2, 0) is 4.74 Å². The average molecular weight is 497 g/mol. The van der Waals surface area contributed by atoms with E-state index in [4.69, 9.17) is 4.74 Å². The molecule has 4 aromatic rings. The van der Waals surface area contributed by atoms with Crippen molar-refractivity contribution in [3.05, 3.63) is 70.5 Å². The third kappa shape index (κ3) is 4.80. The highest BCUT2D eigenvalue weighted by molar-refractivity contribution is 9.10. The quantitative estimate of drug-likeness (QED) is 0.297. The minimum absolute atomic E-state index is 0.173. The van der Waals surface area contributed by atoms with Gasteiger partial charge >= 0.3 is 6.09 Å². The Hall–Kier alpha value is -3.26. The molecule has 2 amide bonds. The molecule has 4 rings (SSSR count). The van der Waals surface area contributed by atoms with Crippen molar-refractivity contribution in [2.75, 3.05) is 6.54 Å². The number of halogens is 1. The molecule has 2 aromatic carbocycles. The molecule has 0 saturated heterocycles. The maximum Gasteiger partial charge on any atom is 0.407 e. The molecule has 8 heteroatoms. The van der Waals surface area contributed by atoms with Crippen molar-refractivity contribution < 1.29 is 14.3 Å². The van der Waals surface area contributed by atoms with E-state index in [9.17, 15) is 9.59 Å². The van der Waals surface area contributed by atoms with E-state index >= 15 is 0 Å². The van der Waals surface area contributed by atoms with Gasteiger partial charge in [-0.1, -0.05) is 40.2 Å². The Balaban J connectivity index is 1.62. The molecule has 166 valence electrons. The number of amides is 2. The third-order valence-electron chi connectivity index (χ3n) is 5.04. The monoisotopic (exact) mass is 496 g/mol. The summed E-state index contributed by atoms with van der Waals surface area (Å²) < 4.78 is 6.31. The van der Waals surface area contributed by atoms with Gasteiger partial charge in [-0.25, -0.2) is 4.79 Å². The minimum atomic E-state index is -0.611. The van der Waals surface area contributed by atoms with Gasteiger partial charge in [0.05, 0.1) is 11.6 Å². The van der Waals surface area contributed by atoms with E-state index in [0.717, 1.165) is 31.8 Å². The van der Waals surface area contributed by atoms with Crippen molar-refractivity contribution in [1.29, 1.82) is 0 Å². The van der Waals surface area contributed by atoms with Crippen molar-refractivity contribution in [1.82, 2.24) is 20.6 Å². The lowest BCUT2D eigenvalue weighted by atomic mass is 10.0. The molecule has 7 nitrogen and oxygen atoms in total. The van der Waals surface area contributed by atoms with E-state index in [1.54, 1.807) is 27.0 Å². The van der Waals surface area contributed by atoms with E-state index in [2.05, 4.69) is 36.5 Å². The minimum Gasteiger partial charge on any atom is -0.444 e. The lowest BCUT2D eigenvalue weighted by molar-refractivity contribution is 0.0520. The third-order valence-corrected chi connectivity index (χ3v) is 5.53. The number of hydrogen-bond acceptors (Lipinski definition) is 3. The van der Waals surface area contributed by atoms with Crippen molar-refractivity contribution in [3.63, 3.8) is 0 Å². The Morgan fingerprint density at radius 1 is 1.03 bits per heavy atom. The molecule has 2 aromatic heterocycles. The van der Waals surface area contributed by atoms with Gasteiger partial charge in [0.15, 0.2) is 0 Å². The Morgan fingerprint density at radius 3 is 2.56 bits per heavy atom. The Labute approximate surface area is 194 Å². The Bertz CT molecular complexity index is 1290. The summed E-state index contributed by atoms with van der Waals surface area (Å²) in [5.74, 6) is -0.232. The molecular formula is C24H25BrN4O3. The summed E-state index contributed by atoms with van der Waals surface area (Å²) >= 11 is 3.48. The molecular weight excluding hydrogens is 472 g/mol. The zero-order valence-electron chi connectivity index (χ0n) is 18.1. The van der Waals surface area contributed by atoms with Gasteiger partial charge in [-0.15, -0.1) is 0 Å². The summed E-state index contributed by atoms with van der Waals surface area (Å²) in [4.78, 5) is 31.8. The number of hydrogen-bond donors (Lipinski definition) is 4. The summed E-state index contributed by atoms with van der Waals surface area (Å²) in [6.45, 7) is 5.59. The van der Waals surface area contributed by atoms with E-state index < -0.39 is 17.7 Å². The summed E-state index contributed by atoms with van der Waals surface area (Å²) in [6, 6.07) is 13.0. The van der Waals surface area contributed by atoms with Crippen molar-refractivity contribution in [3.8, 4) is 0 Å². The van der Waals surface area contributed by atoms with Gasteiger partial charge in [-0.05, 0) is 39.0 Å². The summed E-state index contributed by atoms with van der Waals surface area (Å²) in [5.41, 5.74) is 2.62. The number of alkyl carbamates (subject to hydrolysis) is 1. The highest BCUT2D eigenvalue weighted by Crippen LogP contribution is 2.27. The zero-order valence-corrected chi connectivity index (χ0v) is 19.7. The van der Waals surface area contributed by atoms with Crippen LogP contribution in [-0.4, -0.2) is 34.1 Å². The van der Waals surface area contributed by atoms with E-state index in [-0.39, 0.29) is 12.5 Å². The van der Waals surface area contributed by atoms with Crippen molar-refractivity contribution >= 4 is 49.7 Å². The lowest BCUT2D eigenvalue weighted by Crippen LogP contribution is -2.40. The molecule has 0 aliphatic heterocycles. The molecule has 32 heavy (non-hydrogen) atoms. The fraction of sp³-hybridized carbons (Fsp3) is 0.250. The number of fused-ring (bicyclic) bond motifs is 2. The smallest absolute Gasteiger partial charge is 0.407 e. The number of nitrogens with one attached hydrogen (secondary N) is 4. The van der Waals surface area contributed by atoms with Crippen LogP contribution in [0.3, 0.4) is 0 Å². The number of ether oxygens (including phenoxy) is 1. The maximum atomic E-state index is 13.2. The number of rotatable bonds is 5. The average Bonchev–Trinajstić information content (AvgIpc) is 3.33. The SMILES string of the molecule is CC(C)(C)OC(=O)NCC(NC(=O)c1c[nH]c2ccccc12)c1c[nH]c2cc(Br)ccc12. The van der Waals surface area contributed by atoms with E-state index in [1.807, 2.05) is 48.7 Å². The Kier molecular flexibility index (Phi) is 5.97. The molecule has 0 aliphatic carbocycles. The number of aromatic amines is 2. The topological polar surface area (TPSA) is 99.0 Å². The fourth-order valence-electron chi connectivity index (χ4n) is 3.64. The summed E-state index contributed by atoms with van der Waals surface area (Å²) in [6.07, 6.45) is 3.02. The normalized spacial score (nSPS) is 12.6. The van der Waals surface area contributed by atoms with Crippen molar-refractivity contribution in [2.24, 2.45) is 0 Å². The van der Waals surface area contributed by atoms with Crippen LogP contribution in [0.2, 0.25) is 0 Å². The van der Waals surface area contributed by atoms with Crippen LogP contribution in [0.5, 0.6) is 0 Å². The first-order valence-electron chi connectivity index (χ1n) is 10.3. The first-order valence-corrected chi connectivity index (χ1v) is 11.1. The molecule has 2 heterocycles.